The maximum Gasteiger partial charge on any atom is 3.00 e. The first-order valence-electron chi connectivity index (χ1n) is 13.4. The standard InChI is InChI=1S/C31H36N6O.Fe/c1-2-10-27(11-3-1)26-38-31(30-14-6-9-17-34-30)37-22-20-35(24-28-12-4-7-15-32-28)18-19-36(21-23-37)25-29-13-5-8-16-33-29;/h1-17,31H,18-26H2;/q;+3. The Morgan fingerprint density at radius 3 is 1.62 bits per heavy atom. The molecule has 0 bridgehead atoms. The number of rotatable bonds is 9. The molecule has 1 aromatic carbocycles. The molecule has 4 heterocycles. The Morgan fingerprint density at radius 1 is 0.590 bits per heavy atom. The van der Waals surface area contributed by atoms with Crippen molar-refractivity contribution in [3.05, 3.63) is 126 Å². The predicted molar refractivity (Wildman–Crippen MR) is 149 cm³/mol. The fourth-order valence-electron chi connectivity index (χ4n) is 4.80. The molecule has 0 amide bonds. The van der Waals surface area contributed by atoms with Crippen LogP contribution in [0.25, 0.3) is 0 Å². The van der Waals surface area contributed by atoms with Crippen molar-refractivity contribution >= 4 is 0 Å². The molecule has 201 valence electrons. The Hall–Kier alpha value is -2.97. The van der Waals surface area contributed by atoms with Gasteiger partial charge in [-0.15, -0.1) is 0 Å². The largest absolute Gasteiger partial charge is 3.00 e. The number of nitrogens with zero attached hydrogens (tertiary/aromatic N) is 6. The number of benzene rings is 1. The first-order valence-corrected chi connectivity index (χ1v) is 13.4. The van der Waals surface area contributed by atoms with Gasteiger partial charge in [-0.05, 0) is 42.0 Å². The van der Waals surface area contributed by atoms with Crippen LogP contribution in [0.5, 0.6) is 0 Å². The van der Waals surface area contributed by atoms with Crippen molar-refractivity contribution in [3.8, 4) is 0 Å². The summed E-state index contributed by atoms with van der Waals surface area (Å²) in [4.78, 5) is 21.3. The van der Waals surface area contributed by atoms with Crippen molar-refractivity contribution in [2.45, 2.75) is 25.9 Å². The minimum Gasteiger partial charge on any atom is -0.353 e. The van der Waals surface area contributed by atoms with Gasteiger partial charge in [0.05, 0.1) is 23.7 Å². The molecular weight excluding hydrogens is 528 g/mol. The summed E-state index contributed by atoms with van der Waals surface area (Å²) in [6.45, 7) is 7.72. The van der Waals surface area contributed by atoms with E-state index >= 15 is 0 Å². The molecule has 1 radical (unpaired) electrons. The average Bonchev–Trinajstić information content (AvgIpc) is 3.07. The van der Waals surface area contributed by atoms with E-state index in [9.17, 15) is 0 Å². The van der Waals surface area contributed by atoms with E-state index in [1.165, 1.54) is 0 Å². The Balaban J connectivity index is 0.00000353. The molecule has 7 nitrogen and oxygen atoms in total. The fraction of sp³-hybridized carbons (Fsp3) is 0.323. The minimum atomic E-state index is -0.233. The zero-order valence-corrected chi connectivity index (χ0v) is 23.3. The fourth-order valence-corrected chi connectivity index (χ4v) is 4.80. The first kappa shape index (κ1) is 29.0. The molecule has 1 aliphatic heterocycles. The summed E-state index contributed by atoms with van der Waals surface area (Å²) in [6.07, 6.45) is 5.37. The molecule has 0 spiro atoms. The molecule has 39 heavy (non-hydrogen) atoms. The molecular formula is C31H36FeN6O+3. The van der Waals surface area contributed by atoms with Crippen LogP contribution in [0.4, 0.5) is 0 Å². The van der Waals surface area contributed by atoms with E-state index in [4.69, 9.17) is 9.72 Å². The third-order valence-electron chi connectivity index (χ3n) is 6.89. The Kier molecular flexibility index (Phi) is 11.6. The van der Waals surface area contributed by atoms with Crippen LogP contribution in [0.3, 0.4) is 0 Å². The first-order chi connectivity index (χ1) is 18.8. The Bertz CT molecular complexity index is 1150. The molecule has 3 aromatic heterocycles. The molecule has 0 saturated carbocycles. The molecule has 1 saturated heterocycles. The second kappa shape index (κ2) is 15.6. The van der Waals surface area contributed by atoms with Crippen molar-refractivity contribution in [1.82, 2.24) is 29.7 Å². The summed E-state index contributed by atoms with van der Waals surface area (Å²) in [5, 5.41) is 0. The summed E-state index contributed by atoms with van der Waals surface area (Å²) in [5.41, 5.74) is 4.29. The van der Waals surface area contributed by atoms with Crippen LogP contribution in [0, 0.1) is 0 Å². The summed E-state index contributed by atoms with van der Waals surface area (Å²) in [7, 11) is 0. The number of hydrogen-bond acceptors (Lipinski definition) is 7. The SMILES string of the molecule is [Fe+3].c1ccc(COC(c2ccccn2)N2CCN(Cc3ccccn3)CCN(Cc3ccccn3)CC2)cc1. The van der Waals surface area contributed by atoms with Crippen LogP contribution in [0.2, 0.25) is 0 Å². The van der Waals surface area contributed by atoms with Crippen LogP contribution in [0.1, 0.15) is 28.9 Å². The van der Waals surface area contributed by atoms with E-state index < -0.39 is 0 Å². The van der Waals surface area contributed by atoms with Gasteiger partial charge >= 0.3 is 17.1 Å². The third-order valence-corrected chi connectivity index (χ3v) is 6.89. The van der Waals surface area contributed by atoms with Crippen molar-refractivity contribution in [2.24, 2.45) is 0 Å². The summed E-state index contributed by atoms with van der Waals surface area (Å²) in [6, 6.07) is 28.7. The van der Waals surface area contributed by atoms with Crippen molar-refractivity contribution in [3.63, 3.8) is 0 Å². The van der Waals surface area contributed by atoms with E-state index in [0.29, 0.717) is 6.61 Å². The van der Waals surface area contributed by atoms with Gasteiger partial charge in [0, 0.05) is 70.9 Å². The van der Waals surface area contributed by atoms with Crippen LogP contribution >= 0.6 is 0 Å². The van der Waals surface area contributed by atoms with Gasteiger partial charge < -0.3 is 4.74 Å². The van der Waals surface area contributed by atoms with Crippen LogP contribution in [0.15, 0.2) is 104 Å². The van der Waals surface area contributed by atoms with E-state index in [0.717, 1.165) is 75.0 Å². The number of ether oxygens (including phenoxy) is 1. The van der Waals surface area contributed by atoms with Crippen molar-refractivity contribution < 1.29 is 21.8 Å². The van der Waals surface area contributed by atoms with Gasteiger partial charge in [-0.1, -0.05) is 48.5 Å². The van der Waals surface area contributed by atoms with Gasteiger partial charge in [0.15, 0.2) is 6.23 Å². The maximum atomic E-state index is 6.60. The Labute approximate surface area is 242 Å². The smallest absolute Gasteiger partial charge is 0.353 e. The van der Waals surface area contributed by atoms with E-state index in [1.54, 1.807) is 0 Å². The van der Waals surface area contributed by atoms with Crippen LogP contribution in [-0.2, 0) is 41.5 Å². The molecule has 4 aromatic rings. The summed E-state index contributed by atoms with van der Waals surface area (Å²) >= 11 is 0. The number of hydrogen-bond donors (Lipinski definition) is 0. The van der Waals surface area contributed by atoms with Crippen LogP contribution < -0.4 is 0 Å². The number of pyridine rings is 3. The van der Waals surface area contributed by atoms with Gasteiger partial charge in [-0.25, -0.2) is 0 Å². The molecule has 5 rings (SSSR count). The van der Waals surface area contributed by atoms with Gasteiger partial charge in [-0.3, -0.25) is 29.7 Å². The predicted octanol–water partition coefficient (Wildman–Crippen LogP) is 4.40. The zero-order chi connectivity index (χ0) is 25.8. The van der Waals surface area contributed by atoms with Crippen molar-refractivity contribution in [1.29, 1.82) is 0 Å². The monoisotopic (exact) mass is 564 g/mol. The van der Waals surface area contributed by atoms with Gasteiger partial charge in [0.25, 0.3) is 0 Å². The molecule has 1 aliphatic rings. The summed E-state index contributed by atoms with van der Waals surface area (Å²) < 4.78 is 6.60. The minimum absolute atomic E-state index is 0. The molecule has 1 atom stereocenters. The molecule has 1 fully saturated rings. The van der Waals surface area contributed by atoms with Gasteiger partial charge in [0.2, 0.25) is 0 Å². The van der Waals surface area contributed by atoms with Crippen LogP contribution in [-0.4, -0.2) is 68.9 Å². The van der Waals surface area contributed by atoms with E-state index in [-0.39, 0.29) is 23.3 Å². The average molecular weight is 565 g/mol. The quantitative estimate of drug-likeness (QED) is 0.280. The third kappa shape index (κ3) is 9.04. The zero-order valence-electron chi connectivity index (χ0n) is 22.2. The van der Waals surface area contributed by atoms with Gasteiger partial charge in [0.1, 0.15) is 0 Å². The van der Waals surface area contributed by atoms with E-state index in [1.807, 2.05) is 48.9 Å². The Morgan fingerprint density at radius 2 is 1.10 bits per heavy atom. The van der Waals surface area contributed by atoms with Crippen molar-refractivity contribution in [2.75, 3.05) is 39.3 Å². The second-order valence-corrected chi connectivity index (χ2v) is 9.63. The van der Waals surface area contributed by atoms with Gasteiger partial charge in [-0.2, -0.15) is 0 Å². The number of aromatic nitrogens is 3. The maximum absolute atomic E-state index is 6.60. The topological polar surface area (TPSA) is 57.6 Å². The second-order valence-electron chi connectivity index (χ2n) is 9.63. The molecule has 0 aliphatic carbocycles. The molecule has 8 heteroatoms. The van der Waals surface area contributed by atoms with E-state index in [2.05, 4.69) is 79.3 Å². The molecule has 0 N–H and O–H groups in total. The normalized spacial score (nSPS) is 16.4. The molecule has 1 unspecified atom stereocenters. The summed E-state index contributed by atoms with van der Waals surface area (Å²) in [5.74, 6) is 0.